The molecule has 0 fully saturated rings. The molecule has 0 radical (unpaired) electrons. The number of carbonyl (C=O) groups excluding carboxylic acids is 1. The summed E-state index contributed by atoms with van der Waals surface area (Å²) >= 11 is 0. The number of hydrogen-bond acceptors (Lipinski definition) is 5. The predicted octanol–water partition coefficient (Wildman–Crippen LogP) is 2.89. The van der Waals surface area contributed by atoms with Crippen LogP contribution in [0.2, 0.25) is 0 Å². The molecule has 0 amide bonds. The van der Waals surface area contributed by atoms with E-state index in [1.165, 1.54) is 6.26 Å². The SMILES string of the molecule is O=C(c1ccco1)C(c1ccncc1)n1nnc2ccccc21. The van der Waals surface area contributed by atoms with Gasteiger partial charge in [0.2, 0.25) is 5.78 Å². The minimum atomic E-state index is -0.656. The number of furan rings is 1. The summed E-state index contributed by atoms with van der Waals surface area (Å²) in [6.07, 6.45) is 4.78. The van der Waals surface area contributed by atoms with Gasteiger partial charge in [0.25, 0.3) is 0 Å². The van der Waals surface area contributed by atoms with E-state index in [0.29, 0.717) is 0 Å². The number of pyridine rings is 1. The van der Waals surface area contributed by atoms with Crippen molar-refractivity contribution in [1.29, 1.82) is 0 Å². The van der Waals surface area contributed by atoms with Crippen LogP contribution in [0, 0.1) is 0 Å². The predicted molar refractivity (Wildman–Crippen MR) is 82.9 cm³/mol. The van der Waals surface area contributed by atoms with E-state index in [4.69, 9.17) is 4.42 Å². The molecule has 0 N–H and O–H groups in total. The molecule has 4 rings (SSSR count). The molecule has 0 aliphatic heterocycles. The second-order valence-corrected chi connectivity index (χ2v) is 5.05. The molecule has 3 aromatic heterocycles. The average Bonchev–Trinajstić information content (AvgIpc) is 3.26. The van der Waals surface area contributed by atoms with Crippen LogP contribution in [-0.4, -0.2) is 25.8 Å². The van der Waals surface area contributed by atoms with Crippen LogP contribution in [0.3, 0.4) is 0 Å². The molecule has 0 saturated heterocycles. The van der Waals surface area contributed by atoms with Gasteiger partial charge in [-0.1, -0.05) is 17.3 Å². The second-order valence-electron chi connectivity index (χ2n) is 5.05. The van der Waals surface area contributed by atoms with E-state index < -0.39 is 6.04 Å². The molecule has 6 heteroatoms. The molecule has 4 aromatic rings. The first-order chi connectivity index (χ1) is 11.3. The molecule has 0 aliphatic rings. The summed E-state index contributed by atoms with van der Waals surface area (Å²) in [6, 6.07) is 13.8. The Hall–Kier alpha value is -3.28. The Kier molecular flexibility index (Phi) is 3.20. The number of hydrogen-bond donors (Lipinski definition) is 0. The van der Waals surface area contributed by atoms with Crippen LogP contribution < -0.4 is 0 Å². The van der Waals surface area contributed by atoms with Crippen molar-refractivity contribution in [3.63, 3.8) is 0 Å². The van der Waals surface area contributed by atoms with Crippen LogP contribution >= 0.6 is 0 Å². The Bertz CT molecular complexity index is 945. The van der Waals surface area contributed by atoms with Gasteiger partial charge in [-0.15, -0.1) is 5.10 Å². The molecule has 0 spiro atoms. The first-order valence-corrected chi connectivity index (χ1v) is 7.12. The fraction of sp³-hybridized carbons (Fsp3) is 0.0588. The minimum absolute atomic E-state index is 0.183. The average molecular weight is 304 g/mol. The molecule has 0 aliphatic carbocycles. The van der Waals surface area contributed by atoms with E-state index in [1.807, 2.05) is 24.3 Å². The maximum Gasteiger partial charge on any atom is 0.227 e. The normalized spacial score (nSPS) is 12.3. The first-order valence-electron chi connectivity index (χ1n) is 7.12. The van der Waals surface area contributed by atoms with Gasteiger partial charge in [-0.2, -0.15) is 0 Å². The van der Waals surface area contributed by atoms with Crippen LogP contribution in [-0.2, 0) is 0 Å². The molecule has 0 saturated carbocycles. The molecule has 1 atom stereocenters. The van der Waals surface area contributed by atoms with Crippen molar-refractivity contribution in [3.05, 3.63) is 78.5 Å². The van der Waals surface area contributed by atoms with Gasteiger partial charge >= 0.3 is 0 Å². The van der Waals surface area contributed by atoms with Crippen LogP contribution in [0.4, 0.5) is 0 Å². The molecular formula is C17H12N4O2. The number of nitrogens with zero attached hydrogens (tertiary/aromatic N) is 4. The number of aromatic nitrogens is 4. The summed E-state index contributed by atoms with van der Waals surface area (Å²) in [5, 5.41) is 8.33. The highest BCUT2D eigenvalue weighted by molar-refractivity contribution is 5.99. The Balaban J connectivity index is 1.91. The molecule has 1 unspecified atom stereocenters. The lowest BCUT2D eigenvalue weighted by Crippen LogP contribution is -2.22. The van der Waals surface area contributed by atoms with E-state index in [0.717, 1.165) is 16.6 Å². The summed E-state index contributed by atoms with van der Waals surface area (Å²) in [5.41, 5.74) is 2.30. The zero-order valence-electron chi connectivity index (χ0n) is 12.0. The van der Waals surface area contributed by atoms with Gasteiger partial charge in [0, 0.05) is 12.4 Å². The minimum Gasteiger partial charge on any atom is -0.461 e. The quantitative estimate of drug-likeness (QED) is 0.542. The van der Waals surface area contributed by atoms with E-state index in [1.54, 1.807) is 41.3 Å². The van der Waals surface area contributed by atoms with Crippen molar-refractivity contribution >= 4 is 16.8 Å². The van der Waals surface area contributed by atoms with Crippen molar-refractivity contribution in [2.24, 2.45) is 0 Å². The number of para-hydroxylation sites is 1. The summed E-state index contributed by atoms with van der Waals surface area (Å²) in [7, 11) is 0. The molecule has 0 bridgehead atoms. The van der Waals surface area contributed by atoms with Gasteiger partial charge in [0.1, 0.15) is 11.6 Å². The number of fused-ring (bicyclic) bond motifs is 1. The zero-order valence-corrected chi connectivity index (χ0v) is 12.0. The van der Waals surface area contributed by atoms with Gasteiger partial charge in [-0.05, 0) is 42.0 Å². The summed E-state index contributed by atoms with van der Waals surface area (Å²) in [6.45, 7) is 0. The second kappa shape index (κ2) is 5.49. The molecule has 112 valence electrons. The largest absolute Gasteiger partial charge is 0.461 e. The van der Waals surface area contributed by atoms with E-state index in [-0.39, 0.29) is 11.5 Å². The molecule has 3 heterocycles. The molecule has 6 nitrogen and oxygen atoms in total. The fourth-order valence-corrected chi connectivity index (χ4v) is 2.58. The highest BCUT2D eigenvalue weighted by atomic mass is 16.3. The van der Waals surface area contributed by atoms with Gasteiger partial charge < -0.3 is 4.42 Å². The van der Waals surface area contributed by atoms with Crippen molar-refractivity contribution in [2.45, 2.75) is 6.04 Å². The lowest BCUT2D eigenvalue weighted by molar-refractivity contribution is 0.0913. The third-order valence-corrected chi connectivity index (χ3v) is 3.66. The number of benzene rings is 1. The van der Waals surface area contributed by atoms with Crippen molar-refractivity contribution in [1.82, 2.24) is 20.0 Å². The van der Waals surface area contributed by atoms with Crippen LogP contribution in [0.5, 0.6) is 0 Å². The Morgan fingerprint density at radius 3 is 2.65 bits per heavy atom. The topological polar surface area (TPSA) is 73.8 Å². The highest BCUT2D eigenvalue weighted by Gasteiger charge is 2.28. The number of ketones is 1. The highest BCUT2D eigenvalue weighted by Crippen LogP contribution is 2.25. The van der Waals surface area contributed by atoms with Gasteiger partial charge in [-0.3, -0.25) is 9.78 Å². The summed E-state index contributed by atoms with van der Waals surface area (Å²) in [5.74, 6) is 0.100. The zero-order chi connectivity index (χ0) is 15.6. The number of rotatable bonds is 4. The van der Waals surface area contributed by atoms with Gasteiger partial charge in [0.05, 0.1) is 11.8 Å². The molecule has 1 aromatic carbocycles. The van der Waals surface area contributed by atoms with Crippen LogP contribution in [0.1, 0.15) is 22.2 Å². The lowest BCUT2D eigenvalue weighted by Gasteiger charge is -2.15. The smallest absolute Gasteiger partial charge is 0.227 e. The third-order valence-electron chi connectivity index (χ3n) is 3.66. The van der Waals surface area contributed by atoms with Crippen LogP contribution in [0.15, 0.2) is 71.6 Å². The van der Waals surface area contributed by atoms with E-state index in [2.05, 4.69) is 15.3 Å². The number of Topliss-reactive ketones (excluding diaryl/α,β-unsaturated/α-hetero) is 1. The lowest BCUT2D eigenvalue weighted by atomic mass is 10.0. The van der Waals surface area contributed by atoms with Crippen molar-refractivity contribution in [3.8, 4) is 0 Å². The monoisotopic (exact) mass is 304 g/mol. The van der Waals surface area contributed by atoms with Crippen molar-refractivity contribution < 1.29 is 9.21 Å². The van der Waals surface area contributed by atoms with Gasteiger partial charge in [-0.25, -0.2) is 4.68 Å². The maximum absolute atomic E-state index is 12.9. The van der Waals surface area contributed by atoms with E-state index in [9.17, 15) is 4.79 Å². The fourth-order valence-electron chi connectivity index (χ4n) is 2.58. The third kappa shape index (κ3) is 2.30. The van der Waals surface area contributed by atoms with Crippen LogP contribution in [0.25, 0.3) is 11.0 Å². The molecular weight excluding hydrogens is 292 g/mol. The molecule has 23 heavy (non-hydrogen) atoms. The maximum atomic E-state index is 12.9. The summed E-state index contributed by atoms with van der Waals surface area (Å²) < 4.78 is 6.90. The summed E-state index contributed by atoms with van der Waals surface area (Å²) in [4.78, 5) is 17.0. The van der Waals surface area contributed by atoms with E-state index >= 15 is 0 Å². The Morgan fingerprint density at radius 2 is 1.87 bits per heavy atom. The Labute approximate surface area is 131 Å². The van der Waals surface area contributed by atoms with Crippen molar-refractivity contribution in [2.75, 3.05) is 0 Å². The number of carbonyl (C=O) groups is 1. The Morgan fingerprint density at radius 1 is 1.04 bits per heavy atom. The first kappa shape index (κ1) is 13.4. The van der Waals surface area contributed by atoms with Gasteiger partial charge in [0.15, 0.2) is 5.76 Å². The standard InChI is InChI=1S/C17H12N4O2/c22-17(15-6-3-11-23-15)16(12-7-9-18-10-8-12)21-14-5-2-1-4-13(14)19-20-21/h1-11,16H.